The van der Waals surface area contributed by atoms with E-state index < -0.39 is 10.0 Å². The molecule has 0 aliphatic carbocycles. The van der Waals surface area contributed by atoms with Crippen molar-refractivity contribution in [3.05, 3.63) is 0 Å². The monoisotopic (exact) mass is 289 g/mol. The maximum absolute atomic E-state index is 12.4. The van der Waals surface area contributed by atoms with E-state index in [4.69, 9.17) is 0 Å². The van der Waals surface area contributed by atoms with Crippen LogP contribution in [0.4, 0.5) is 0 Å². The second-order valence-corrected chi connectivity index (χ2v) is 7.28. The quantitative estimate of drug-likeness (QED) is 0.743. The lowest BCUT2D eigenvalue weighted by molar-refractivity contribution is -0.136. The van der Waals surface area contributed by atoms with E-state index in [2.05, 4.69) is 10.0 Å². The van der Waals surface area contributed by atoms with Crippen molar-refractivity contribution in [3.8, 4) is 0 Å². The molecule has 2 aliphatic rings. The highest BCUT2D eigenvalue weighted by atomic mass is 32.2. The molecule has 2 heterocycles. The molecule has 0 aromatic carbocycles. The topological polar surface area (TPSA) is 78.5 Å². The SMILES string of the molecule is CS(=O)(=O)NCC1CCCCN1C(=O)[C@@H]1CCCN1. The Morgan fingerprint density at radius 3 is 2.74 bits per heavy atom. The zero-order valence-electron chi connectivity index (χ0n) is 11.4. The van der Waals surface area contributed by atoms with Crippen LogP contribution in [0.2, 0.25) is 0 Å². The van der Waals surface area contributed by atoms with Gasteiger partial charge in [-0.15, -0.1) is 0 Å². The molecule has 0 aromatic rings. The first-order valence-electron chi connectivity index (χ1n) is 6.96. The first kappa shape index (κ1) is 14.7. The van der Waals surface area contributed by atoms with Crippen LogP contribution in [0.5, 0.6) is 0 Å². The largest absolute Gasteiger partial charge is 0.337 e. The van der Waals surface area contributed by atoms with Crippen molar-refractivity contribution in [2.24, 2.45) is 0 Å². The lowest BCUT2D eigenvalue weighted by atomic mass is 10.0. The number of nitrogens with zero attached hydrogens (tertiary/aromatic N) is 1. The third-order valence-electron chi connectivity index (χ3n) is 3.85. The van der Waals surface area contributed by atoms with E-state index in [1.165, 1.54) is 0 Å². The first-order valence-corrected chi connectivity index (χ1v) is 8.85. The summed E-state index contributed by atoms with van der Waals surface area (Å²) in [5, 5.41) is 3.22. The molecule has 0 saturated carbocycles. The fraction of sp³-hybridized carbons (Fsp3) is 0.917. The van der Waals surface area contributed by atoms with Crippen LogP contribution in [0.15, 0.2) is 0 Å². The van der Waals surface area contributed by atoms with Gasteiger partial charge in [0.1, 0.15) is 0 Å². The van der Waals surface area contributed by atoms with Crippen LogP contribution in [0.1, 0.15) is 32.1 Å². The number of sulfonamides is 1. The second kappa shape index (κ2) is 6.19. The molecule has 2 fully saturated rings. The Bertz CT molecular complexity index is 418. The minimum absolute atomic E-state index is 0.00150. The minimum Gasteiger partial charge on any atom is -0.337 e. The predicted octanol–water partition coefficient (Wildman–Crippen LogP) is -0.331. The molecular weight excluding hydrogens is 266 g/mol. The fourth-order valence-corrected chi connectivity index (χ4v) is 3.34. The van der Waals surface area contributed by atoms with Crippen LogP contribution >= 0.6 is 0 Å². The first-order chi connectivity index (χ1) is 8.97. The Morgan fingerprint density at radius 1 is 1.32 bits per heavy atom. The number of nitrogens with one attached hydrogen (secondary N) is 2. The van der Waals surface area contributed by atoms with E-state index in [0.29, 0.717) is 6.54 Å². The summed E-state index contributed by atoms with van der Waals surface area (Å²) in [5.74, 6) is 0.137. The Labute approximate surface area is 115 Å². The molecule has 0 radical (unpaired) electrons. The number of rotatable bonds is 4. The highest BCUT2D eigenvalue weighted by molar-refractivity contribution is 7.88. The van der Waals surface area contributed by atoms with Gasteiger partial charge in [0.2, 0.25) is 15.9 Å². The maximum Gasteiger partial charge on any atom is 0.239 e. The normalized spacial score (nSPS) is 28.6. The van der Waals surface area contributed by atoms with E-state index >= 15 is 0 Å². The van der Waals surface area contributed by atoms with Crippen molar-refractivity contribution in [1.29, 1.82) is 0 Å². The lowest BCUT2D eigenvalue weighted by Gasteiger charge is -2.37. The smallest absolute Gasteiger partial charge is 0.239 e. The van der Waals surface area contributed by atoms with Gasteiger partial charge in [-0.25, -0.2) is 13.1 Å². The van der Waals surface area contributed by atoms with Crippen LogP contribution in [0.3, 0.4) is 0 Å². The van der Waals surface area contributed by atoms with Crippen molar-refractivity contribution < 1.29 is 13.2 Å². The van der Waals surface area contributed by atoms with Gasteiger partial charge in [0.15, 0.2) is 0 Å². The van der Waals surface area contributed by atoms with Gasteiger partial charge >= 0.3 is 0 Å². The molecule has 6 nitrogen and oxygen atoms in total. The number of hydrogen-bond acceptors (Lipinski definition) is 4. The summed E-state index contributed by atoms with van der Waals surface area (Å²) in [5.41, 5.74) is 0. The van der Waals surface area contributed by atoms with Crippen molar-refractivity contribution in [2.75, 3.05) is 25.9 Å². The molecule has 0 spiro atoms. The minimum atomic E-state index is -3.20. The number of piperidine rings is 1. The number of carbonyl (C=O) groups is 1. The molecule has 1 amide bonds. The second-order valence-electron chi connectivity index (χ2n) is 5.45. The van der Waals surface area contributed by atoms with E-state index in [-0.39, 0.29) is 18.0 Å². The fourth-order valence-electron chi connectivity index (χ4n) is 2.85. The summed E-state index contributed by atoms with van der Waals surface area (Å²) < 4.78 is 24.9. The molecule has 2 atom stereocenters. The van der Waals surface area contributed by atoms with E-state index in [1.54, 1.807) is 0 Å². The summed E-state index contributed by atoms with van der Waals surface area (Å²) in [6, 6.07) is -0.0720. The Balaban J connectivity index is 1.96. The molecule has 110 valence electrons. The van der Waals surface area contributed by atoms with Gasteiger partial charge in [0, 0.05) is 19.1 Å². The summed E-state index contributed by atoms with van der Waals surface area (Å²) in [6.07, 6.45) is 6.02. The molecule has 1 unspecified atom stereocenters. The number of hydrogen-bond donors (Lipinski definition) is 2. The number of carbonyl (C=O) groups excluding carboxylic acids is 1. The van der Waals surface area contributed by atoms with Gasteiger partial charge in [-0.3, -0.25) is 4.79 Å². The predicted molar refractivity (Wildman–Crippen MR) is 73.2 cm³/mol. The zero-order valence-corrected chi connectivity index (χ0v) is 12.2. The molecule has 2 rings (SSSR count). The van der Waals surface area contributed by atoms with Crippen LogP contribution in [-0.4, -0.2) is 57.2 Å². The van der Waals surface area contributed by atoms with Crippen LogP contribution < -0.4 is 10.0 Å². The molecule has 0 aromatic heterocycles. The lowest BCUT2D eigenvalue weighted by Crippen LogP contribution is -2.53. The number of likely N-dealkylation sites (tertiary alicyclic amines) is 1. The summed E-state index contributed by atoms with van der Waals surface area (Å²) >= 11 is 0. The highest BCUT2D eigenvalue weighted by Crippen LogP contribution is 2.19. The third-order valence-corrected chi connectivity index (χ3v) is 4.54. The van der Waals surface area contributed by atoms with Crippen LogP contribution in [-0.2, 0) is 14.8 Å². The van der Waals surface area contributed by atoms with Gasteiger partial charge in [-0.05, 0) is 38.6 Å². The summed E-state index contributed by atoms with van der Waals surface area (Å²) in [6.45, 7) is 1.97. The summed E-state index contributed by atoms with van der Waals surface area (Å²) in [7, 11) is -3.20. The Kier molecular flexibility index (Phi) is 4.81. The standard InChI is InChI=1S/C12H23N3O3S/c1-19(17,18)14-9-10-5-2-3-8-15(10)12(16)11-6-4-7-13-11/h10-11,13-14H,2-9H2,1H3/t10?,11-/m0/s1. The highest BCUT2D eigenvalue weighted by Gasteiger charge is 2.32. The van der Waals surface area contributed by atoms with Crippen molar-refractivity contribution >= 4 is 15.9 Å². The van der Waals surface area contributed by atoms with Crippen molar-refractivity contribution in [1.82, 2.24) is 14.9 Å². The Morgan fingerprint density at radius 2 is 2.11 bits per heavy atom. The molecule has 0 bridgehead atoms. The van der Waals surface area contributed by atoms with E-state index in [1.807, 2.05) is 4.90 Å². The van der Waals surface area contributed by atoms with E-state index in [0.717, 1.165) is 51.4 Å². The number of amides is 1. The molecule has 2 aliphatic heterocycles. The van der Waals surface area contributed by atoms with E-state index in [9.17, 15) is 13.2 Å². The summed E-state index contributed by atoms with van der Waals surface area (Å²) in [4.78, 5) is 14.3. The van der Waals surface area contributed by atoms with Crippen LogP contribution in [0, 0.1) is 0 Å². The third kappa shape index (κ3) is 4.15. The molecule has 19 heavy (non-hydrogen) atoms. The van der Waals surface area contributed by atoms with Gasteiger partial charge in [-0.2, -0.15) is 0 Å². The van der Waals surface area contributed by atoms with Gasteiger partial charge in [-0.1, -0.05) is 0 Å². The van der Waals surface area contributed by atoms with Crippen LogP contribution in [0.25, 0.3) is 0 Å². The average Bonchev–Trinajstić information content (AvgIpc) is 2.89. The molecule has 2 N–H and O–H groups in total. The Hall–Kier alpha value is -0.660. The molecule has 7 heteroatoms. The van der Waals surface area contributed by atoms with Crippen molar-refractivity contribution in [3.63, 3.8) is 0 Å². The van der Waals surface area contributed by atoms with Gasteiger partial charge in [0.05, 0.1) is 12.3 Å². The molecule has 2 saturated heterocycles. The zero-order chi connectivity index (χ0) is 13.9. The maximum atomic E-state index is 12.4. The van der Waals surface area contributed by atoms with Gasteiger partial charge < -0.3 is 10.2 Å². The van der Waals surface area contributed by atoms with Crippen molar-refractivity contribution in [2.45, 2.75) is 44.2 Å². The average molecular weight is 289 g/mol. The molecular formula is C12H23N3O3S. The van der Waals surface area contributed by atoms with Gasteiger partial charge in [0.25, 0.3) is 0 Å².